The predicted molar refractivity (Wildman–Crippen MR) is 83.1 cm³/mol. The minimum atomic E-state index is -0.450. The Bertz CT molecular complexity index is 674. The molecule has 1 aliphatic rings. The average molecular weight is 288 g/mol. The third kappa shape index (κ3) is 3.32. The minimum Gasteiger partial charge on any atom is -0.326 e. The van der Waals surface area contributed by atoms with E-state index in [0.29, 0.717) is 5.39 Å². The number of benzene rings is 1. The van der Waals surface area contributed by atoms with Gasteiger partial charge in [-0.1, -0.05) is 18.6 Å². The molecule has 0 unspecified atom stereocenters. The molecule has 2 heterocycles. The van der Waals surface area contributed by atoms with E-state index in [9.17, 15) is 9.18 Å². The van der Waals surface area contributed by atoms with Crippen molar-refractivity contribution in [2.75, 3.05) is 19.6 Å². The van der Waals surface area contributed by atoms with Gasteiger partial charge in [0.15, 0.2) is 0 Å². The molecule has 112 valence electrons. The molecular formula is C17H21FN2O. The van der Waals surface area contributed by atoms with E-state index in [2.05, 4.69) is 9.88 Å². The third-order valence-corrected chi connectivity index (χ3v) is 4.25. The van der Waals surface area contributed by atoms with E-state index in [4.69, 9.17) is 0 Å². The molecule has 3 nitrogen and oxygen atoms in total. The van der Waals surface area contributed by atoms with Crippen molar-refractivity contribution in [2.45, 2.75) is 32.1 Å². The van der Waals surface area contributed by atoms with Crippen molar-refractivity contribution in [1.82, 2.24) is 9.88 Å². The van der Waals surface area contributed by atoms with Crippen molar-refractivity contribution in [3.05, 3.63) is 46.1 Å². The standard InChI is InChI=1S/C17H21FN2O/c18-15-8-4-6-13-12-14(19-17(21)16(13)15)7-5-11-20-9-2-1-3-10-20/h4,6,8,12H,1-3,5,7,9-11H2,(H,19,21). The van der Waals surface area contributed by atoms with Gasteiger partial charge in [-0.15, -0.1) is 0 Å². The molecule has 1 aromatic heterocycles. The van der Waals surface area contributed by atoms with Crippen LogP contribution in [-0.4, -0.2) is 29.5 Å². The maximum absolute atomic E-state index is 13.6. The zero-order valence-corrected chi connectivity index (χ0v) is 12.2. The molecular weight excluding hydrogens is 267 g/mol. The fourth-order valence-electron chi connectivity index (χ4n) is 3.14. The second-order valence-electron chi connectivity index (χ2n) is 5.83. The largest absolute Gasteiger partial charge is 0.326 e. The second-order valence-corrected chi connectivity index (χ2v) is 5.83. The van der Waals surface area contributed by atoms with E-state index < -0.39 is 5.82 Å². The molecule has 1 aliphatic heterocycles. The lowest BCUT2D eigenvalue weighted by Crippen LogP contribution is -2.30. The molecule has 0 amide bonds. The number of aryl methyl sites for hydroxylation is 1. The summed E-state index contributed by atoms with van der Waals surface area (Å²) < 4.78 is 13.6. The summed E-state index contributed by atoms with van der Waals surface area (Å²) in [5.74, 6) is -0.450. The number of aromatic nitrogens is 1. The molecule has 1 N–H and O–H groups in total. The molecule has 0 saturated carbocycles. The van der Waals surface area contributed by atoms with Gasteiger partial charge in [-0.3, -0.25) is 4.79 Å². The van der Waals surface area contributed by atoms with Crippen LogP contribution < -0.4 is 5.56 Å². The molecule has 21 heavy (non-hydrogen) atoms. The SMILES string of the molecule is O=c1[nH]c(CCCN2CCCCC2)cc2cccc(F)c12. The molecule has 0 radical (unpaired) electrons. The summed E-state index contributed by atoms with van der Waals surface area (Å²) in [7, 11) is 0. The lowest BCUT2D eigenvalue weighted by atomic mass is 10.1. The lowest BCUT2D eigenvalue weighted by Gasteiger charge is -2.26. The topological polar surface area (TPSA) is 36.1 Å². The molecule has 0 atom stereocenters. The minimum absolute atomic E-state index is 0.164. The molecule has 4 heteroatoms. The van der Waals surface area contributed by atoms with Crippen LogP contribution in [0.2, 0.25) is 0 Å². The lowest BCUT2D eigenvalue weighted by molar-refractivity contribution is 0.226. The molecule has 1 aromatic carbocycles. The van der Waals surface area contributed by atoms with Crippen LogP contribution in [0.3, 0.4) is 0 Å². The number of likely N-dealkylation sites (tertiary alicyclic amines) is 1. The fourth-order valence-corrected chi connectivity index (χ4v) is 3.14. The van der Waals surface area contributed by atoms with Gasteiger partial charge < -0.3 is 9.88 Å². The van der Waals surface area contributed by atoms with E-state index >= 15 is 0 Å². The first-order chi connectivity index (χ1) is 10.2. The molecule has 1 saturated heterocycles. The van der Waals surface area contributed by atoms with Crippen molar-refractivity contribution in [2.24, 2.45) is 0 Å². The van der Waals surface area contributed by atoms with Crippen LogP contribution in [0.25, 0.3) is 10.8 Å². The van der Waals surface area contributed by atoms with Crippen LogP contribution in [0, 0.1) is 5.82 Å². The zero-order valence-electron chi connectivity index (χ0n) is 12.2. The Labute approximate surface area is 123 Å². The normalized spacial score (nSPS) is 16.4. The first-order valence-corrected chi connectivity index (χ1v) is 7.77. The Hall–Kier alpha value is -1.68. The summed E-state index contributed by atoms with van der Waals surface area (Å²) >= 11 is 0. The van der Waals surface area contributed by atoms with Gasteiger partial charge in [0.2, 0.25) is 0 Å². The second kappa shape index (κ2) is 6.39. The van der Waals surface area contributed by atoms with Gasteiger partial charge in [-0.05, 0) is 62.8 Å². The van der Waals surface area contributed by atoms with Crippen LogP contribution in [0.4, 0.5) is 4.39 Å². The molecule has 3 rings (SSSR count). The van der Waals surface area contributed by atoms with Gasteiger partial charge in [0.1, 0.15) is 5.82 Å². The van der Waals surface area contributed by atoms with Crippen LogP contribution >= 0.6 is 0 Å². The van der Waals surface area contributed by atoms with E-state index in [1.807, 2.05) is 6.07 Å². The quantitative estimate of drug-likeness (QED) is 0.938. The van der Waals surface area contributed by atoms with Gasteiger partial charge in [0, 0.05) is 5.69 Å². The number of pyridine rings is 1. The number of hydrogen-bond acceptors (Lipinski definition) is 2. The van der Waals surface area contributed by atoms with Gasteiger partial charge in [-0.2, -0.15) is 0 Å². The van der Waals surface area contributed by atoms with E-state index in [0.717, 1.165) is 25.1 Å². The van der Waals surface area contributed by atoms with Crippen molar-refractivity contribution < 1.29 is 4.39 Å². The van der Waals surface area contributed by atoms with Crippen molar-refractivity contribution in [1.29, 1.82) is 0 Å². The maximum atomic E-state index is 13.6. The third-order valence-electron chi connectivity index (χ3n) is 4.25. The molecule has 0 bridgehead atoms. The Kier molecular flexibility index (Phi) is 4.34. The Morgan fingerprint density at radius 1 is 1.19 bits per heavy atom. The summed E-state index contributed by atoms with van der Waals surface area (Å²) in [6.07, 6.45) is 5.80. The van der Waals surface area contributed by atoms with Crippen molar-refractivity contribution in [3.63, 3.8) is 0 Å². The molecule has 1 fully saturated rings. The highest BCUT2D eigenvalue weighted by atomic mass is 19.1. The van der Waals surface area contributed by atoms with Gasteiger partial charge >= 0.3 is 0 Å². The summed E-state index contributed by atoms with van der Waals surface area (Å²) in [4.78, 5) is 17.3. The first kappa shape index (κ1) is 14.3. The number of H-pyrrole nitrogens is 1. The smallest absolute Gasteiger partial charge is 0.258 e. The Morgan fingerprint density at radius 2 is 2.00 bits per heavy atom. The number of aromatic amines is 1. The van der Waals surface area contributed by atoms with Gasteiger partial charge in [0.25, 0.3) is 5.56 Å². The summed E-state index contributed by atoms with van der Waals surface area (Å²) in [5.41, 5.74) is 0.577. The summed E-state index contributed by atoms with van der Waals surface area (Å²) in [5, 5.41) is 0.851. The summed E-state index contributed by atoms with van der Waals surface area (Å²) in [6.45, 7) is 3.46. The van der Waals surface area contributed by atoms with E-state index in [1.165, 1.54) is 38.4 Å². The summed E-state index contributed by atoms with van der Waals surface area (Å²) in [6, 6.07) is 6.67. The van der Waals surface area contributed by atoms with Crippen LogP contribution in [-0.2, 0) is 6.42 Å². The first-order valence-electron chi connectivity index (χ1n) is 7.77. The number of piperidine rings is 1. The maximum Gasteiger partial charge on any atom is 0.258 e. The number of fused-ring (bicyclic) bond motifs is 1. The number of halogens is 1. The Balaban J connectivity index is 1.68. The number of nitrogens with zero attached hydrogens (tertiary/aromatic N) is 1. The average Bonchev–Trinajstić information content (AvgIpc) is 2.48. The van der Waals surface area contributed by atoms with E-state index in [1.54, 1.807) is 12.1 Å². The van der Waals surface area contributed by atoms with Crippen molar-refractivity contribution in [3.8, 4) is 0 Å². The number of hydrogen-bond donors (Lipinski definition) is 1. The highest BCUT2D eigenvalue weighted by Crippen LogP contribution is 2.15. The number of nitrogens with one attached hydrogen (secondary N) is 1. The van der Waals surface area contributed by atoms with Crippen molar-refractivity contribution >= 4 is 10.8 Å². The molecule has 0 aliphatic carbocycles. The van der Waals surface area contributed by atoms with Gasteiger partial charge in [-0.25, -0.2) is 4.39 Å². The van der Waals surface area contributed by atoms with Crippen LogP contribution in [0.15, 0.2) is 29.1 Å². The molecule has 0 spiro atoms. The number of rotatable bonds is 4. The Morgan fingerprint density at radius 3 is 2.81 bits per heavy atom. The molecule has 2 aromatic rings. The predicted octanol–water partition coefficient (Wildman–Crippen LogP) is 3.09. The highest BCUT2D eigenvalue weighted by molar-refractivity contribution is 5.82. The van der Waals surface area contributed by atoms with Gasteiger partial charge in [0.05, 0.1) is 5.39 Å². The van der Waals surface area contributed by atoms with E-state index in [-0.39, 0.29) is 10.9 Å². The van der Waals surface area contributed by atoms with Crippen LogP contribution in [0.1, 0.15) is 31.4 Å². The highest BCUT2D eigenvalue weighted by Gasteiger charge is 2.10. The monoisotopic (exact) mass is 288 g/mol. The van der Waals surface area contributed by atoms with Crippen LogP contribution in [0.5, 0.6) is 0 Å². The zero-order chi connectivity index (χ0) is 14.7. The fraction of sp³-hybridized carbons (Fsp3) is 0.471.